The zero-order chi connectivity index (χ0) is 20.2. The molecule has 1 aromatic carbocycles. The Bertz CT molecular complexity index is 778. The Morgan fingerprint density at radius 1 is 1.30 bits per heavy atom. The summed E-state index contributed by atoms with van der Waals surface area (Å²) in [7, 11) is -3.63. The monoisotopic (exact) mass is 436 g/mol. The van der Waals surface area contributed by atoms with Gasteiger partial charge in [-0.15, -0.1) is 0 Å². The smallest absolute Gasteiger partial charge is 0.410 e. The number of nitrogens with one attached hydrogen (secondary N) is 1. The molecule has 1 amide bonds. The third kappa shape index (κ3) is 7.14. The SMILES string of the molecule is CC(C)(C)OC(=O)N1CCCC[C@@H]1CNS(=O)(=O)Cc1cc(Cl)ccc1Cl. The molecule has 0 bridgehead atoms. The molecule has 1 atom stereocenters. The second kappa shape index (κ2) is 8.99. The van der Waals surface area contributed by atoms with Gasteiger partial charge in [-0.05, 0) is 63.8 Å². The molecule has 1 N–H and O–H groups in total. The number of nitrogens with zero attached hydrogens (tertiary/aromatic N) is 1. The Balaban J connectivity index is 2.01. The Morgan fingerprint density at radius 3 is 2.67 bits per heavy atom. The lowest BCUT2D eigenvalue weighted by atomic mass is 10.0. The molecular formula is C18H26Cl2N2O4S. The Kier molecular flexibility index (Phi) is 7.41. The third-order valence-corrected chi connectivity index (χ3v) is 6.05. The van der Waals surface area contributed by atoms with E-state index in [-0.39, 0.29) is 18.3 Å². The minimum absolute atomic E-state index is 0.139. The van der Waals surface area contributed by atoms with E-state index in [1.165, 1.54) is 6.07 Å². The second-order valence-corrected chi connectivity index (χ2v) is 10.3. The van der Waals surface area contributed by atoms with E-state index in [4.69, 9.17) is 27.9 Å². The molecule has 27 heavy (non-hydrogen) atoms. The van der Waals surface area contributed by atoms with Gasteiger partial charge in [-0.3, -0.25) is 0 Å². The van der Waals surface area contributed by atoms with E-state index >= 15 is 0 Å². The first-order valence-electron chi connectivity index (χ1n) is 8.88. The fourth-order valence-corrected chi connectivity index (χ4v) is 4.56. The minimum atomic E-state index is -3.63. The summed E-state index contributed by atoms with van der Waals surface area (Å²) in [6.07, 6.45) is 2.12. The standard InChI is InChI=1S/C18H26Cl2N2O4S/c1-18(2,3)26-17(23)22-9-5-4-6-15(22)11-21-27(24,25)12-13-10-14(19)7-8-16(13)20/h7-8,10,15,21H,4-6,9,11-12H2,1-3H3/t15-/m1/s1. The lowest BCUT2D eigenvalue weighted by Crippen LogP contribution is -2.50. The quantitative estimate of drug-likeness (QED) is 0.749. The normalized spacial score (nSPS) is 18.4. The molecule has 1 heterocycles. The second-order valence-electron chi connectivity index (χ2n) is 7.67. The molecule has 1 aliphatic heterocycles. The van der Waals surface area contributed by atoms with Crippen LogP contribution in [-0.4, -0.2) is 44.1 Å². The van der Waals surface area contributed by atoms with E-state index in [9.17, 15) is 13.2 Å². The van der Waals surface area contributed by atoms with Crippen molar-refractivity contribution in [3.63, 3.8) is 0 Å². The molecule has 9 heteroatoms. The summed E-state index contributed by atoms with van der Waals surface area (Å²) in [5.74, 6) is -0.272. The van der Waals surface area contributed by atoms with Crippen molar-refractivity contribution in [3.05, 3.63) is 33.8 Å². The number of benzene rings is 1. The number of hydrogen-bond donors (Lipinski definition) is 1. The largest absolute Gasteiger partial charge is 0.444 e. The maximum absolute atomic E-state index is 12.5. The molecule has 6 nitrogen and oxygen atoms in total. The number of rotatable bonds is 5. The first-order valence-corrected chi connectivity index (χ1v) is 11.3. The highest BCUT2D eigenvalue weighted by Gasteiger charge is 2.31. The van der Waals surface area contributed by atoms with Gasteiger partial charge in [-0.25, -0.2) is 17.9 Å². The van der Waals surface area contributed by atoms with Crippen LogP contribution in [0.25, 0.3) is 0 Å². The summed E-state index contributed by atoms with van der Waals surface area (Å²) in [5.41, 5.74) is -0.161. The predicted octanol–water partition coefficient (Wildman–Crippen LogP) is 4.20. The average molecular weight is 437 g/mol. The molecule has 0 aliphatic carbocycles. The van der Waals surface area contributed by atoms with Crippen molar-refractivity contribution in [2.24, 2.45) is 0 Å². The van der Waals surface area contributed by atoms with Crippen molar-refractivity contribution >= 4 is 39.3 Å². The van der Waals surface area contributed by atoms with Gasteiger partial charge in [-0.1, -0.05) is 23.2 Å². The molecule has 2 rings (SSSR count). The van der Waals surface area contributed by atoms with Crippen LogP contribution in [0, 0.1) is 0 Å². The maximum atomic E-state index is 12.5. The molecule has 1 aliphatic rings. The highest BCUT2D eigenvalue weighted by molar-refractivity contribution is 7.88. The number of piperidine rings is 1. The molecule has 0 spiro atoms. The van der Waals surface area contributed by atoms with Crippen molar-refractivity contribution in [1.29, 1.82) is 0 Å². The lowest BCUT2D eigenvalue weighted by Gasteiger charge is -2.36. The Morgan fingerprint density at radius 2 is 2.00 bits per heavy atom. The number of ether oxygens (including phenoxy) is 1. The van der Waals surface area contributed by atoms with Crippen molar-refractivity contribution in [2.75, 3.05) is 13.1 Å². The van der Waals surface area contributed by atoms with Crippen LogP contribution in [0.1, 0.15) is 45.6 Å². The number of carbonyl (C=O) groups excluding carboxylic acids is 1. The number of amides is 1. The zero-order valence-corrected chi connectivity index (χ0v) is 18.1. The molecule has 0 saturated carbocycles. The van der Waals surface area contributed by atoms with Crippen LogP contribution in [0.3, 0.4) is 0 Å². The Labute approximate surface area is 171 Å². The van der Waals surface area contributed by atoms with Crippen LogP contribution in [0.2, 0.25) is 10.0 Å². The van der Waals surface area contributed by atoms with E-state index in [0.717, 1.165) is 19.3 Å². The minimum Gasteiger partial charge on any atom is -0.444 e. The van der Waals surface area contributed by atoms with Gasteiger partial charge in [-0.2, -0.15) is 0 Å². The van der Waals surface area contributed by atoms with Gasteiger partial charge < -0.3 is 9.64 Å². The molecular weight excluding hydrogens is 411 g/mol. The number of carbonyl (C=O) groups is 1. The number of likely N-dealkylation sites (tertiary alicyclic amines) is 1. The fourth-order valence-electron chi connectivity index (χ4n) is 2.91. The number of halogens is 2. The van der Waals surface area contributed by atoms with Gasteiger partial charge in [0, 0.05) is 29.2 Å². The summed E-state index contributed by atoms with van der Waals surface area (Å²) in [6.45, 7) is 6.12. The summed E-state index contributed by atoms with van der Waals surface area (Å²) >= 11 is 12.0. The topological polar surface area (TPSA) is 75.7 Å². The van der Waals surface area contributed by atoms with Crippen LogP contribution < -0.4 is 4.72 Å². The predicted molar refractivity (Wildman–Crippen MR) is 108 cm³/mol. The number of sulfonamides is 1. The molecule has 152 valence electrons. The average Bonchev–Trinajstić information content (AvgIpc) is 2.55. The summed E-state index contributed by atoms with van der Waals surface area (Å²) in [4.78, 5) is 14.0. The van der Waals surface area contributed by atoms with Crippen LogP contribution in [0.4, 0.5) is 4.79 Å². The van der Waals surface area contributed by atoms with Crippen LogP contribution in [-0.2, 0) is 20.5 Å². The van der Waals surface area contributed by atoms with Gasteiger partial charge in [0.1, 0.15) is 5.60 Å². The van der Waals surface area contributed by atoms with E-state index in [0.29, 0.717) is 22.2 Å². The highest BCUT2D eigenvalue weighted by Crippen LogP contribution is 2.23. The van der Waals surface area contributed by atoms with Crippen molar-refractivity contribution in [3.8, 4) is 0 Å². The lowest BCUT2D eigenvalue weighted by molar-refractivity contribution is 0.0105. The van der Waals surface area contributed by atoms with Crippen LogP contribution in [0.15, 0.2) is 18.2 Å². The van der Waals surface area contributed by atoms with Crippen LogP contribution >= 0.6 is 23.2 Å². The van der Waals surface area contributed by atoms with E-state index < -0.39 is 21.7 Å². The van der Waals surface area contributed by atoms with Gasteiger partial charge in [0.05, 0.1) is 5.75 Å². The molecule has 1 aromatic rings. The van der Waals surface area contributed by atoms with E-state index in [2.05, 4.69) is 4.72 Å². The molecule has 0 unspecified atom stereocenters. The highest BCUT2D eigenvalue weighted by atomic mass is 35.5. The fraction of sp³-hybridized carbons (Fsp3) is 0.611. The molecule has 1 fully saturated rings. The molecule has 0 radical (unpaired) electrons. The molecule has 1 saturated heterocycles. The van der Waals surface area contributed by atoms with Crippen molar-refractivity contribution in [2.45, 2.75) is 57.4 Å². The van der Waals surface area contributed by atoms with Crippen molar-refractivity contribution in [1.82, 2.24) is 9.62 Å². The molecule has 0 aromatic heterocycles. The van der Waals surface area contributed by atoms with E-state index in [1.54, 1.807) is 37.8 Å². The maximum Gasteiger partial charge on any atom is 0.410 e. The first kappa shape index (κ1) is 22.3. The summed E-state index contributed by atoms with van der Waals surface area (Å²) < 4.78 is 33.0. The van der Waals surface area contributed by atoms with Crippen LogP contribution in [0.5, 0.6) is 0 Å². The van der Waals surface area contributed by atoms with Gasteiger partial charge >= 0.3 is 6.09 Å². The third-order valence-electron chi connectivity index (χ3n) is 4.15. The van der Waals surface area contributed by atoms with Gasteiger partial charge in [0.2, 0.25) is 10.0 Å². The zero-order valence-electron chi connectivity index (χ0n) is 15.8. The van der Waals surface area contributed by atoms with E-state index in [1.807, 2.05) is 0 Å². The van der Waals surface area contributed by atoms with Gasteiger partial charge in [0.15, 0.2) is 0 Å². The summed E-state index contributed by atoms with van der Waals surface area (Å²) in [6, 6.07) is 4.48. The van der Waals surface area contributed by atoms with Crippen molar-refractivity contribution < 1.29 is 17.9 Å². The summed E-state index contributed by atoms with van der Waals surface area (Å²) in [5, 5.41) is 0.769. The first-order chi connectivity index (χ1) is 12.5. The van der Waals surface area contributed by atoms with Gasteiger partial charge in [0.25, 0.3) is 0 Å². The number of hydrogen-bond acceptors (Lipinski definition) is 4. The Hall–Kier alpha value is -1.02.